The molecule has 17 heavy (non-hydrogen) atoms. The van der Waals surface area contributed by atoms with Crippen LogP contribution < -0.4 is 0 Å². The van der Waals surface area contributed by atoms with Gasteiger partial charge in [-0.2, -0.15) is 0 Å². The molecule has 0 radical (unpaired) electrons. The minimum Gasteiger partial charge on any atom is -0.396 e. The summed E-state index contributed by atoms with van der Waals surface area (Å²) in [5, 5.41) is 18.6. The Labute approximate surface area is 104 Å². The van der Waals surface area contributed by atoms with E-state index in [0.29, 0.717) is 0 Å². The summed E-state index contributed by atoms with van der Waals surface area (Å²) in [4.78, 5) is 0. The number of hydrogen-bond acceptors (Lipinski definition) is 2. The molecule has 0 fully saturated rings. The second-order valence-electron chi connectivity index (χ2n) is 4.58. The van der Waals surface area contributed by atoms with Crippen molar-refractivity contribution in [2.24, 2.45) is 0 Å². The summed E-state index contributed by atoms with van der Waals surface area (Å²) in [6, 6.07) is 8.24. The minimum atomic E-state index is -0.322. The number of rotatable bonds is 8. The highest BCUT2D eigenvalue weighted by Crippen LogP contribution is 2.20. The van der Waals surface area contributed by atoms with Gasteiger partial charge in [0.2, 0.25) is 0 Å². The maximum absolute atomic E-state index is 9.92. The summed E-state index contributed by atoms with van der Waals surface area (Å²) in [6.45, 7) is 2.37. The summed E-state index contributed by atoms with van der Waals surface area (Å²) >= 11 is 0. The third kappa shape index (κ3) is 5.33. The summed E-state index contributed by atoms with van der Waals surface area (Å²) in [5.41, 5.74) is 2.32. The van der Waals surface area contributed by atoms with E-state index in [0.717, 1.165) is 44.1 Å². The zero-order valence-corrected chi connectivity index (χ0v) is 10.7. The Morgan fingerprint density at radius 1 is 1.18 bits per heavy atom. The maximum Gasteiger partial charge on any atom is 0.0790 e. The molecule has 2 nitrogen and oxygen atoms in total. The van der Waals surface area contributed by atoms with Crippen molar-refractivity contribution in [1.82, 2.24) is 0 Å². The predicted molar refractivity (Wildman–Crippen MR) is 71.0 cm³/mol. The Morgan fingerprint density at radius 3 is 2.71 bits per heavy atom. The topological polar surface area (TPSA) is 40.5 Å². The van der Waals surface area contributed by atoms with Crippen molar-refractivity contribution in [1.29, 1.82) is 0 Å². The third-order valence-corrected chi connectivity index (χ3v) is 3.02. The van der Waals surface area contributed by atoms with E-state index in [1.54, 1.807) is 0 Å². The SMILES string of the molecule is CCCC(O)c1cccc(CCCCCO)c1. The highest BCUT2D eigenvalue weighted by Gasteiger charge is 2.06. The Bertz CT molecular complexity index is 310. The smallest absolute Gasteiger partial charge is 0.0790 e. The van der Waals surface area contributed by atoms with Crippen molar-refractivity contribution in [3.63, 3.8) is 0 Å². The zero-order valence-electron chi connectivity index (χ0n) is 10.7. The van der Waals surface area contributed by atoms with Crippen molar-refractivity contribution >= 4 is 0 Å². The zero-order chi connectivity index (χ0) is 12.5. The molecule has 2 heteroatoms. The monoisotopic (exact) mass is 236 g/mol. The maximum atomic E-state index is 9.92. The van der Waals surface area contributed by atoms with Crippen LogP contribution in [-0.4, -0.2) is 16.8 Å². The average Bonchev–Trinajstić information content (AvgIpc) is 2.35. The van der Waals surface area contributed by atoms with Crippen LogP contribution in [0.4, 0.5) is 0 Å². The van der Waals surface area contributed by atoms with Gasteiger partial charge in [-0.1, -0.05) is 44.0 Å². The third-order valence-electron chi connectivity index (χ3n) is 3.02. The first-order valence-corrected chi connectivity index (χ1v) is 6.65. The normalized spacial score (nSPS) is 12.6. The van der Waals surface area contributed by atoms with Crippen LogP contribution in [0, 0.1) is 0 Å². The molecular weight excluding hydrogens is 212 g/mol. The summed E-state index contributed by atoms with van der Waals surface area (Å²) in [7, 11) is 0. The fraction of sp³-hybridized carbons (Fsp3) is 0.600. The number of aliphatic hydroxyl groups is 2. The quantitative estimate of drug-likeness (QED) is 0.680. The van der Waals surface area contributed by atoms with Crippen LogP contribution in [0.15, 0.2) is 24.3 Å². The van der Waals surface area contributed by atoms with Gasteiger partial charge in [0.05, 0.1) is 6.10 Å². The van der Waals surface area contributed by atoms with Gasteiger partial charge in [-0.15, -0.1) is 0 Å². The van der Waals surface area contributed by atoms with Crippen molar-refractivity contribution in [3.8, 4) is 0 Å². The summed E-state index contributed by atoms with van der Waals surface area (Å²) < 4.78 is 0. The van der Waals surface area contributed by atoms with E-state index in [2.05, 4.69) is 19.1 Å². The molecule has 0 saturated heterocycles. The fourth-order valence-electron chi connectivity index (χ4n) is 2.01. The second kappa shape index (κ2) is 8.26. The van der Waals surface area contributed by atoms with Gasteiger partial charge in [-0.05, 0) is 36.8 Å². The molecule has 1 unspecified atom stereocenters. The molecule has 96 valence electrons. The molecule has 0 aliphatic heterocycles. The van der Waals surface area contributed by atoms with Crippen molar-refractivity contribution in [2.45, 2.75) is 51.6 Å². The molecular formula is C15H24O2. The molecule has 1 atom stereocenters. The molecule has 0 saturated carbocycles. The fourth-order valence-corrected chi connectivity index (χ4v) is 2.01. The number of aliphatic hydroxyl groups excluding tert-OH is 2. The van der Waals surface area contributed by atoms with Gasteiger partial charge >= 0.3 is 0 Å². The summed E-state index contributed by atoms with van der Waals surface area (Å²) in [5.74, 6) is 0. The van der Waals surface area contributed by atoms with Crippen LogP contribution in [0.2, 0.25) is 0 Å². The molecule has 1 rings (SSSR count). The number of benzene rings is 1. The van der Waals surface area contributed by atoms with Crippen molar-refractivity contribution in [2.75, 3.05) is 6.61 Å². The number of unbranched alkanes of at least 4 members (excludes halogenated alkanes) is 2. The lowest BCUT2D eigenvalue weighted by Gasteiger charge is -2.11. The molecule has 0 aliphatic rings. The first kappa shape index (κ1) is 14.2. The second-order valence-corrected chi connectivity index (χ2v) is 4.58. The molecule has 1 aromatic rings. The van der Waals surface area contributed by atoms with E-state index in [9.17, 15) is 5.11 Å². The van der Waals surface area contributed by atoms with Gasteiger partial charge in [0, 0.05) is 6.61 Å². The van der Waals surface area contributed by atoms with Crippen LogP contribution in [0.3, 0.4) is 0 Å². The molecule has 1 aromatic carbocycles. The molecule has 0 heterocycles. The number of aryl methyl sites for hydroxylation is 1. The van der Waals surface area contributed by atoms with Gasteiger partial charge < -0.3 is 10.2 Å². The lowest BCUT2D eigenvalue weighted by atomic mass is 10.00. The molecule has 0 spiro atoms. The molecule has 0 aliphatic carbocycles. The van der Waals surface area contributed by atoms with Crippen LogP contribution in [0.5, 0.6) is 0 Å². The largest absolute Gasteiger partial charge is 0.396 e. The van der Waals surface area contributed by atoms with E-state index >= 15 is 0 Å². The van der Waals surface area contributed by atoms with Crippen LogP contribution >= 0.6 is 0 Å². The first-order chi connectivity index (χ1) is 8.27. The van der Waals surface area contributed by atoms with E-state index < -0.39 is 0 Å². The van der Waals surface area contributed by atoms with Gasteiger partial charge in [-0.3, -0.25) is 0 Å². The van der Waals surface area contributed by atoms with Crippen LogP contribution in [-0.2, 0) is 6.42 Å². The summed E-state index contributed by atoms with van der Waals surface area (Å²) in [6.07, 6.45) is 5.60. The Hall–Kier alpha value is -0.860. The standard InChI is InChI=1S/C15H24O2/c1-2-7-15(17)14-10-6-9-13(12-14)8-4-3-5-11-16/h6,9-10,12,15-17H,2-5,7-8,11H2,1H3. The lowest BCUT2D eigenvalue weighted by Crippen LogP contribution is -1.98. The first-order valence-electron chi connectivity index (χ1n) is 6.65. The van der Waals surface area contributed by atoms with Crippen molar-refractivity contribution < 1.29 is 10.2 Å². The Balaban J connectivity index is 2.47. The van der Waals surface area contributed by atoms with Gasteiger partial charge in [0.25, 0.3) is 0 Å². The van der Waals surface area contributed by atoms with E-state index in [1.807, 2.05) is 12.1 Å². The van der Waals surface area contributed by atoms with Crippen LogP contribution in [0.25, 0.3) is 0 Å². The average molecular weight is 236 g/mol. The van der Waals surface area contributed by atoms with Gasteiger partial charge in [-0.25, -0.2) is 0 Å². The lowest BCUT2D eigenvalue weighted by molar-refractivity contribution is 0.166. The minimum absolute atomic E-state index is 0.287. The molecule has 2 N–H and O–H groups in total. The van der Waals surface area contributed by atoms with Gasteiger partial charge in [0.15, 0.2) is 0 Å². The Kier molecular flexibility index (Phi) is 6.90. The highest BCUT2D eigenvalue weighted by molar-refractivity contribution is 5.25. The van der Waals surface area contributed by atoms with E-state index in [1.165, 1.54) is 5.56 Å². The van der Waals surface area contributed by atoms with Crippen molar-refractivity contribution in [3.05, 3.63) is 35.4 Å². The predicted octanol–water partition coefficient (Wildman–Crippen LogP) is 3.23. The van der Waals surface area contributed by atoms with E-state index in [-0.39, 0.29) is 12.7 Å². The highest BCUT2D eigenvalue weighted by atomic mass is 16.3. The molecule has 0 bridgehead atoms. The van der Waals surface area contributed by atoms with Gasteiger partial charge in [0.1, 0.15) is 0 Å². The van der Waals surface area contributed by atoms with Crippen LogP contribution in [0.1, 0.15) is 56.3 Å². The Morgan fingerprint density at radius 2 is 2.00 bits per heavy atom. The molecule has 0 amide bonds. The number of hydrogen-bond donors (Lipinski definition) is 2. The molecule has 0 aromatic heterocycles. The van der Waals surface area contributed by atoms with E-state index in [4.69, 9.17) is 5.11 Å².